The van der Waals surface area contributed by atoms with Crippen molar-refractivity contribution < 1.29 is 18.0 Å². The highest BCUT2D eigenvalue weighted by Crippen LogP contribution is 2.40. The van der Waals surface area contributed by atoms with Gasteiger partial charge < -0.3 is 4.90 Å². The molecule has 2 fully saturated rings. The average Bonchev–Trinajstić information content (AvgIpc) is 3.11. The van der Waals surface area contributed by atoms with Gasteiger partial charge in [-0.1, -0.05) is 42.5 Å². The number of rotatable bonds is 4. The van der Waals surface area contributed by atoms with Crippen LogP contribution in [0, 0.1) is 25.7 Å². The highest BCUT2D eigenvalue weighted by Gasteiger charge is 2.33. The molecule has 3 aromatic rings. The zero-order valence-electron chi connectivity index (χ0n) is 20.3. The van der Waals surface area contributed by atoms with E-state index in [1.807, 2.05) is 4.90 Å². The van der Waals surface area contributed by atoms with Crippen molar-refractivity contribution in [3.05, 3.63) is 62.3 Å². The first-order valence-electron chi connectivity index (χ1n) is 12.4. The third-order valence-corrected chi connectivity index (χ3v) is 8.70. The standard InChI is InChI=1S/C27H28Cl2F3N3O/c1-15-12-19(27(30,31)32)13-21-16(2)33-35(25(15)21)14-22-23(28)7-6-20(24(22)29)26(36)34-10-8-18(9-11-34)17-4-3-5-17/h6-7,12-13,17-18H,3-5,8-11,14H2,1-2H3. The Kier molecular flexibility index (Phi) is 6.75. The Hall–Kier alpha value is -2.25. The summed E-state index contributed by atoms with van der Waals surface area (Å²) in [6, 6.07) is 5.56. The molecule has 4 nitrogen and oxygen atoms in total. The molecule has 1 saturated heterocycles. The van der Waals surface area contributed by atoms with E-state index in [9.17, 15) is 18.0 Å². The molecule has 36 heavy (non-hydrogen) atoms. The van der Waals surface area contributed by atoms with Gasteiger partial charge in [0.1, 0.15) is 0 Å². The van der Waals surface area contributed by atoms with Gasteiger partial charge in [0.05, 0.1) is 33.9 Å². The number of aryl methyl sites for hydroxylation is 2. The van der Waals surface area contributed by atoms with Gasteiger partial charge in [0.15, 0.2) is 0 Å². The first-order chi connectivity index (χ1) is 17.0. The fourth-order valence-corrected chi connectivity index (χ4v) is 6.25. The molecule has 0 unspecified atom stereocenters. The number of carbonyl (C=O) groups is 1. The quantitative estimate of drug-likeness (QED) is 0.342. The minimum atomic E-state index is -4.44. The molecule has 2 aliphatic rings. The van der Waals surface area contributed by atoms with Gasteiger partial charge in [-0.25, -0.2) is 0 Å². The molecule has 0 radical (unpaired) electrons. The summed E-state index contributed by atoms with van der Waals surface area (Å²) in [5, 5.41) is 5.56. The van der Waals surface area contributed by atoms with Crippen LogP contribution in [-0.2, 0) is 12.7 Å². The Morgan fingerprint density at radius 2 is 1.72 bits per heavy atom. The number of alkyl halides is 3. The Balaban J connectivity index is 1.43. The molecule has 2 aromatic carbocycles. The Labute approximate surface area is 218 Å². The van der Waals surface area contributed by atoms with Crippen molar-refractivity contribution in [1.29, 1.82) is 0 Å². The third kappa shape index (κ3) is 4.60. The summed E-state index contributed by atoms with van der Waals surface area (Å²) in [5.41, 5.74) is 1.73. The maximum atomic E-state index is 13.4. The van der Waals surface area contributed by atoms with Crippen molar-refractivity contribution >= 4 is 40.0 Å². The Morgan fingerprint density at radius 3 is 2.33 bits per heavy atom. The van der Waals surface area contributed by atoms with Crippen molar-refractivity contribution in [2.45, 2.75) is 58.7 Å². The van der Waals surface area contributed by atoms with Crippen LogP contribution in [0.2, 0.25) is 10.0 Å². The Morgan fingerprint density at radius 1 is 1.06 bits per heavy atom. The van der Waals surface area contributed by atoms with Gasteiger partial charge in [-0.2, -0.15) is 18.3 Å². The number of hydrogen-bond donors (Lipinski definition) is 0. The van der Waals surface area contributed by atoms with E-state index in [0.29, 0.717) is 44.2 Å². The summed E-state index contributed by atoms with van der Waals surface area (Å²) < 4.78 is 41.6. The van der Waals surface area contributed by atoms with Crippen molar-refractivity contribution in [3.8, 4) is 0 Å². The second-order valence-corrected chi connectivity index (χ2v) is 10.9. The summed E-state index contributed by atoms with van der Waals surface area (Å²) in [7, 11) is 0. The van der Waals surface area contributed by atoms with Gasteiger partial charge in [0.25, 0.3) is 5.91 Å². The van der Waals surface area contributed by atoms with Gasteiger partial charge in [0.2, 0.25) is 0 Å². The molecule has 0 atom stereocenters. The second-order valence-electron chi connectivity index (χ2n) is 10.1. The van der Waals surface area contributed by atoms with E-state index >= 15 is 0 Å². The molecule has 0 spiro atoms. The minimum Gasteiger partial charge on any atom is -0.339 e. The number of piperidine rings is 1. The lowest BCUT2D eigenvalue weighted by Gasteiger charge is -2.40. The van der Waals surface area contributed by atoms with Crippen LogP contribution >= 0.6 is 23.2 Å². The number of benzene rings is 2. The summed E-state index contributed by atoms with van der Waals surface area (Å²) >= 11 is 13.3. The first-order valence-corrected chi connectivity index (χ1v) is 13.1. The zero-order valence-corrected chi connectivity index (χ0v) is 21.8. The molecule has 1 aliphatic heterocycles. The van der Waals surface area contributed by atoms with Crippen LogP contribution < -0.4 is 0 Å². The maximum absolute atomic E-state index is 13.4. The molecule has 0 bridgehead atoms. The average molecular weight is 538 g/mol. The molecule has 5 rings (SSSR count). The number of aromatic nitrogens is 2. The molecular weight excluding hydrogens is 510 g/mol. The van der Waals surface area contributed by atoms with Crippen molar-refractivity contribution in [2.75, 3.05) is 13.1 Å². The summed E-state index contributed by atoms with van der Waals surface area (Å²) in [6.45, 7) is 4.88. The largest absolute Gasteiger partial charge is 0.416 e. The van der Waals surface area contributed by atoms with Crippen LogP contribution in [-0.4, -0.2) is 33.7 Å². The smallest absolute Gasteiger partial charge is 0.339 e. The molecule has 1 saturated carbocycles. The predicted octanol–water partition coefficient (Wildman–Crippen LogP) is 7.68. The lowest BCUT2D eigenvalue weighted by Crippen LogP contribution is -2.41. The summed E-state index contributed by atoms with van der Waals surface area (Å²) in [4.78, 5) is 15.2. The van der Waals surface area contributed by atoms with E-state index in [1.54, 1.807) is 30.7 Å². The zero-order chi connectivity index (χ0) is 25.8. The van der Waals surface area contributed by atoms with E-state index in [2.05, 4.69) is 5.10 Å². The molecule has 0 N–H and O–H groups in total. The number of likely N-dealkylation sites (tertiary alicyclic amines) is 1. The SMILES string of the molecule is Cc1nn(Cc2c(Cl)ccc(C(=O)N3CCC(C4CCC4)CC3)c2Cl)c2c(C)cc(C(F)(F)F)cc12. The topological polar surface area (TPSA) is 38.1 Å². The number of halogens is 5. The highest BCUT2D eigenvalue weighted by atomic mass is 35.5. The molecule has 2 heterocycles. The van der Waals surface area contributed by atoms with Gasteiger partial charge in [-0.05, 0) is 68.4 Å². The highest BCUT2D eigenvalue weighted by molar-refractivity contribution is 6.38. The van der Waals surface area contributed by atoms with Crippen LogP contribution in [0.1, 0.15) is 64.8 Å². The molecule has 1 aromatic heterocycles. The van der Waals surface area contributed by atoms with Crippen molar-refractivity contribution in [2.24, 2.45) is 11.8 Å². The first kappa shape index (κ1) is 25.4. The lowest BCUT2D eigenvalue weighted by atomic mass is 9.72. The lowest BCUT2D eigenvalue weighted by molar-refractivity contribution is -0.137. The van der Waals surface area contributed by atoms with E-state index in [-0.39, 0.29) is 17.5 Å². The summed E-state index contributed by atoms with van der Waals surface area (Å²) in [6.07, 6.45) is 1.54. The number of amides is 1. The number of fused-ring (bicyclic) bond motifs is 1. The van der Waals surface area contributed by atoms with E-state index in [0.717, 1.165) is 44.0 Å². The van der Waals surface area contributed by atoms with Crippen LogP contribution in [0.3, 0.4) is 0 Å². The predicted molar refractivity (Wildman–Crippen MR) is 136 cm³/mol. The van der Waals surface area contributed by atoms with Crippen LogP contribution in [0.5, 0.6) is 0 Å². The van der Waals surface area contributed by atoms with Gasteiger partial charge >= 0.3 is 6.18 Å². The minimum absolute atomic E-state index is 0.113. The monoisotopic (exact) mass is 537 g/mol. The second kappa shape index (κ2) is 9.56. The molecule has 192 valence electrons. The maximum Gasteiger partial charge on any atom is 0.416 e. The molecule has 1 aliphatic carbocycles. The number of carbonyl (C=O) groups excluding carboxylic acids is 1. The van der Waals surface area contributed by atoms with Gasteiger partial charge in [-0.15, -0.1) is 0 Å². The normalized spacial score (nSPS) is 17.6. The van der Waals surface area contributed by atoms with Crippen molar-refractivity contribution in [3.63, 3.8) is 0 Å². The van der Waals surface area contributed by atoms with Crippen LogP contribution in [0.25, 0.3) is 10.9 Å². The fraction of sp³-hybridized carbons (Fsp3) is 0.481. The number of nitrogens with zero attached hydrogens (tertiary/aromatic N) is 3. The number of hydrogen-bond acceptors (Lipinski definition) is 2. The fourth-order valence-electron chi connectivity index (χ4n) is 5.67. The van der Waals surface area contributed by atoms with Crippen molar-refractivity contribution in [1.82, 2.24) is 14.7 Å². The van der Waals surface area contributed by atoms with E-state index in [1.165, 1.54) is 19.3 Å². The van der Waals surface area contributed by atoms with Gasteiger partial charge in [-0.3, -0.25) is 9.48 Å². The molecule has 1 amide bonds. The van der Waals surface area contributed by atoms with Crippen LogP contribution in [0.15, 0.2) is 24.3 Å². The van der Waals surface area contributed by atoms with Gasteiger partial charge in [0, 0.05) is 29.1 Å². The Bertz CT molecular complexity index is 1320. The van der Waals surface area contributed by atoms with E-state index in [4.69, 9.17) is 23.2 Å². The summed E-state index contributed by atoms with van der Waals surface area (Å²) in [5.74, 6) is 1.41. The molecular formula is C27H28Cl2F3N3O. The molecule has 9 heteroatoms. The van der Waals surface area contributed by atoms with E-state index < -0.39 is 11.7 Å². The third-order valence-electron chi connectivity index (χ3n) is 7.91. The van der Waals surface area contributed by atoms with Crippen LogP contribution in [0.4, 0.5) is 13.2 Å².